The van der Waals surface area contributed by atoms with Crippen molar-refractivity contribution in [2.24, 2.45) is 16.8 Å². The summed E-state index contributed by atoms with van der Waals surface area (Å²) in [5.74, 6) is 1.73. The summed E-state index contributed by atoms with van der Waals surface area (Å²) in [7, 11) is 4.06. The molecule has 1 amide bonds. The molecule has 1 aromatic rings. The average molecular weight is 406 g/mol. The van der Waals surface area contributed by atoms with Crippen molar-refractivity contribution in [3.05, 3.63) is 22.4 Å². The number of piperidine rings is 1. The lowest BCUT2D eigenvalue weighted by atomic mass is 9.88. The molecule has 1 aromatic heterocycles. The molecule has 2 fully saturated rings. The summed E-state index contributed by atoms with van der Waals surface area (Å²) in [4.78, 5) is 22.5. The van der Waals surface area contributed by atoms with Crippen LogP contribution in [0, 0.1) is 11.8 Å². The van der Waals surface area contributed by atoms with Crippen molar-refractivity contribution in [1.82, 2.24) is 20.4 Å². The zero-order chi connectivity index (χ0) is 20.1. The average Bonchev–Trinajstić information content (AvgIpc) is 3.36. The number of rotatable bonds is 5. The Morgan fingerprint density at radius 3 is 2.86 bits per heavy atom. The van der Waals surface area contributed by atoms with E-state index in [1.807, 2.05) is 37.1 Å². The van der Waals surface area contributed by atoms with Crippen LogP contribution in [0.25, 0.3) is 0 Å². The highest BCUT2D eigenvalue weighted by atomic mass is 32.1. The van der Waals surface area contributed by atoms with E-state index in [0.29, 0.717) is 12.0 Å². The Kier molecular flexibility index (Phi) is 7.35. The fraction of sp³-hybridized carbons (Fsp3) is 0.714. The molecule has 3 rings (SSSR count). The number of thiophene rings is 1. The van der Waals surface area contributed by atoms with Crippen LogP contribution < -0.4 is 10.6 Å². The second kappa shape index (κ2) is 9.74. The van der Waals surface area contributed by atoms with E-state index in [1.54, 1.807) is 0 Å². The van der Waals surface area contributed by atoms with E-state index in [2.05, 4.69) is 45.1 Å². The number of hydrogen-bond donors (Lipinski definition) is 2. The monoisotopic (exact) mass is 405 g/mol. The van der Waals surface area contributed by atoms with Crippen molar-refractivity contribution in [2.45, 2.75) is 45.2 Å². The molecule has 156 valence electrons. The van der Waals surface area contributed by atoms with Crippen LogP contribution >= 0.6 is 11.3 Å². The molecule has 28 heavy (non-hydrogen) atoms. The molecule has 6 nitrogen and oxygen atoms in total. The minimum Gasteiger partial charge on any atom is -0.356 e. The zero-order valence-electron chi connectivity index (χ0n) is 17.6. The van der Waals surface area contributed by atoms with Crippen molar-refractivity contribution in [2.75, 3.05) is 40.3 Å². The molecule has 3 atom stereocenters. The van der Waals surface area contributed by atoms with Crippen molar-refractivity contribution in [3.63, 3.8) is 0 Å². The van der Waals surface area contributed by atoms with Gasteiger partial charge in [0.05, 0.1) is 0 Å². The molecule has 3 heterocycles. The van der Waals surface area contributed by atoms with Crippen LogP contribution in [0.3, 0.4) is 0 Å². The van der Waals surface area contributed by atoms with Crippen molar-refractivity contribution >= 4 is 23.2 Å². The SMILES string of the molecule is CN=C(NCC1CCCN(C)C1c1cccs1)NC1CCN(C(=O)C(C)C)C1. The summed E-state index contributed by atoms with van der Waals surface area (Å²) in [5, 5.41) is 9.26. The van der Waals surface area contributed by atoms with Gasteiger partial charge in [-0.2, -0.15) is 0 Å². The molecule has 2 aliphatic heterocycles. The minimum absolute atomic E-state index is 0.0636. The Bertz CT molecular complexity index is 660. The Morgan fingerprint density at radius 1 is 1.36 bits per heavy atom. The first kappa shape index (κ1) is 21.1. The fourth-order valence-electron chi connectivity index (χ4n) is 4.44. The number of nitrogens with zero attached hydrogens (tertiary/aromatic N) is 3. The van der Waals surface area contributed by atoms with E-state index in [4.69, 9.17) is 0 Å². The minimum atomic E-state index is 0.0636. The number of hydrogen-bond acceptors (Lipinski definition) is 4. The van der Waals surface area contributed by atoms with Gasteiger partial charge in [-0.1, -0.05) is 19.9 Å². The lowest BCUT2D eigenvalue weighted by Crippen LogP contribution is -2.48. The third kappa shape index (κ3) is 5.06. The van der Waals surface area contributed by atoms with Crippen LogP contribution in [0.15, 0.2) is 22.5 Å². The molecule has 2 N–H and O–H groups in total. The summed E-state index contributed by atoms with van der Waals surface area (Å²) in [6.07, 6.45) is 3.45. The van der Waals surface area contributed by atoms with E-state index < -0.39 is 0 Å². The van der Waals surface area contributed by atoms with Gasteiger partial charge in [-0.15, -0.1) is 11.3 Å². The highest BCUT2D eigenvalue weighted by Crippen LogP contribution is 2.36. The van der Waals surface area contributed by atoms with Gasteiger partial charge >= 0.3 is 0 Å². The third-order valence-electron chi connectivity index (χ3n) is 5.93. The molecule has 2 aliphatic rings. The Hall–Kier alpha value is -1.60. The largest absolute Gasteiger partial charge is 0.356 e. The first-order chi connectivity index (χ1) is 13.5. The summed E-state index contributed by atoms with van der Waals surface area (Å²) >= 11 is 1.86. The maximum atomic E-state index is 12.2. The van der Waals surface area contributed by atoms with Gasteiger partial charge in [-0.3, -0.25) is 14.7 Å². The molecule has 7 heteroatoms. The molecule has 0 radical (unpaired) electrons. The van der Waals surface area contributed by atoms with Crippen LogP contribution in [0.4, 0.5) is 0 Å². The van der Waals surface area contributed by atoms with E-state index in [-0.39, 0.29) is 17.9 Å². The lowest BCUT2D eigenvalue weighted by molar-refractivity contribution is -0.133. The summed E-state index contributed by atoms with van der Waals surface area (Å²) in [6.45, 7) is 7.60. The predicted molar refractivity (Wildman–Crippen MR) is 117 cm³/mol. The van der Waals surface area contributed by atoms with Crippen LogP contribution in [0.1, 0.15) is 44.0 Å². The van der Waals surface area contributed by atoms with Gasteiger partial charge in [-0.05, 0) is 50.2 Å². The highest BCUT2D eigenvalue weighted by molar-refractivity contribution is 7.10. The zero-order valence-corrected chi connectivity index (χ0v) is 18.5. The number of carbonyl (C=O) groups excluding carboxylic acids is 1. The maximum Gasteiger partial charge on any atom is 0.225 e. The van der Waals surface area contributed by atoms with Crippen molar-refractivity contribution < 1.29 is 4.79 Å². The normalized spacial score (nSPS) is 26.7. The van der Waals surface area contributed by atoms with E-state index in [0.717, 1.165) is 38.6 Å². The van der Waals surface area contributed by atoms with Crippen LogP contribution in [-0.4, -0.2) is 68.0 Å². The molecule has 0 spiro atoms. The Balaban J connectivity index is 1.53. The number of amides is 1. The van der Waals surface area contributed by atoms with Gasteiger partial charge in [0.25, 0.3) is 0 Å². The van der Waals surface area contributed by atoms with Gasteiger partial charge in [0.1, 0.15) is 0 Å². The number of likely N-dealkylation sites (tertiary alicyclic amines) is 2. The number of carbonyl (C=O) groups is 1. The van der Waals surface area contributed by atoms with Gasteiger partial charge in [-0.25, -0.2) is 0 Å². The van der Waals surface area contributed by atoms with Gasteiger partial charge < -0.3 is 15.5 Å². The number of guanidine groups is 1. The molecular weight excluding hydrogens is 370 g/mol. The van der Waals surface area contributed by atoms with Crippen LogP contribution in [0.5, 0.6) is 0 Å². The smallest absolute Gasteiger partial charge is 0.225 e. The number of aliphatic imine (C=N–C) groups is 1. The van der Waals surface area contributed by atoms with Crippen molar-refractivity contribution in [3.8, 4) is 0 Å². The molecule has 0 aromatic carbocycles. The molecule has 0 saturated carbocycles. The second-order valence-electron chi connectivity index (χ2n) is 8.37. The van der Waals surface area contributed by atoms with Crippen LogP contribution in [-0.2, 0) is 4.79 Å². The standard InChI is InChI=1S/C21H35N5OS/c1-15(2)20(27)26-11-9-17(14-26)24-21(22-3)23-13-16-7-5-10-25(4)19(16)18-8-6-12-28-18/h6,8,12,15-17,19H,5,7,9-11,13-14H2,1-4H3,(H2,22,23,24). The maximum absolute atomic E-state index is 12.2. The van der Waals surface area contributed by atoms with E-state index in [9.17, 15) is 4.79 Å². The Morgan fingerprint density at radius 2 is 2.18 bits per heavy atom. The highest BCUT2D eigenvalue weighted by Gasteiger charge is 2.32. The topological polar surface area (TPSA) is 60.0 Å². The lowest BCUT2D eigenvalue weighted by Gasteiger charge is -2.39. The van der Waals surface area contributed by atoms with Gasteiger partial charge in [0, 0.05) is 49.6 Å². The second-order valence-corrected chi connectivity index (χ2v) is 9.34. The Labute approximate surface area is 173 Å². The van der Waals surface area contributed by atoms with Gasteiger partial charge in [0.2, 0.25) is 5.91 Å². The quantitative estimate of drug-likeness (QED) is 0.584. The number of nitrogens with one attached hydrogen (secondary N) is 2. The van der Waals surface area contributed by atoms with Gasteiger partial charge in [0.15, 0.2) is 5.96 Å². The first-order valence-electron chi connectivity index (χ1n) is 10.5. The fourth-order valence-corrected chi connectivity index (χ4v) is 5.42. The van der Waals surface area contributed by atoms with Crippen LogP contribution in [0.2, 0.25) is 0 Å². The predicted octanol–water partition coefficient (Wildman–Crippen LogP) is 2.55. The van der Waals surface area contributed by atoms with Crippen molar-refractivity contribution in [1.29, 1.82) is 0 Å². The molecule has 3 unspecified atom stereocenters. The summed E-state index contributed by atoms with van der Waals surface area (Å²) in [5.41, 5.74) is 0. The summed E-state index contributed by atoms with van der Waals surface area (Å²) in [6, 6.07) is 5.16. The van der Waals surface area contributed by atoms with E-state index >= 15 is 0 Å². The molecule has 0 aliphatic carbocycles. The summed E-state index contributed by atoms with van der Waals surface area (Å²) < 4.78 is 0. The van der Waals surface area contributed by atoms with E-state index in [1.165, 1.54) is 17.7 Å². The molecule has 0 bridgehead atoms. The third-order valence-corrected chi connectivity index (χ3v) is 6.87. The molecular formula is C21H35N5OS. The first-order valence-corrected chi connectivity index (χ1v) is 11.4. The molecule has 2 saturated heterocycles.